The molecule has 0 bridgehead atoms. The number of amides is 1. The predicted octanol–water partition coefficient (Wildman–Crippen LogP) is 4.30. The van der Waals surface area contributed by atoms with Crippen molar-refractivity contribution in [3.05, 3.63) is 28.8 Å². The van der Waals surface area contributed by atoms with E-state index in [1.807, 2.05) is 25.1 Å². The molecule has 2 aromatic rings. The third kappa shape index (κ3) is 5.42. The fraction of sp³-hybridized carbons (Fsp3) is 0.526. The van der Waals surface area contributed by atoms with Gasteiger partial charge in [0.1, 0.15) is 5.01 Å². The first-order valence-corrected chi connectivity index (χ1v) is 9.77. The van der Waals surface area contributed by atoms with Crippen LogP contribution in [0.2, 0.25) is 0 Å². The number of nitrogens with zero attached hydrogens (tertiary/aromatic N) is 2. The predicted molar refractivity (Wildman–Crippen MR) is 104 cm³/mol. The fourth-order valence-electron chi connectivity index (χ4n) is 2.72. The molecular formula is C19H27N3O3S. The molecule has 0 aliphatic heterocycles. The minimum absolute atomic E-state index is 0.0353. The van der Waals surface area contributed by atoms with Crippen LogP contribution in [0.5, 0.6) is 11.5 Å². The maximum atomic E-state index is 12.4. The highest BCUT2D eigenvalue weighted by atomic mass is 32.1. The zero-order chi connectivity index (χ0) is 18.9. The van der Waals surface area contributed by atoms with E-state index in [2.05, 4.69) is 22.4 Å². The Labute approximate surface area is 158 Å². The number of rotatable bonds is 10. The summed E-state index contributed by atoms with van der Waals surface area (Å²) in [6, 6.07) is 5.77. The van der Waals surface area contributed by atoms with Crippen LogP contribution in [0.15, 0.2) is 18.2 Å². The smallest absolute Gasteiger partial charge is 0.229 e. The Morgan fingerprint density at radius 3 is 2.62 bits per heavy atom. The van der Waals surface area contributed by atoms with E-state index in [-0.39, 0.29) is 11.8 Å². The number of ether oxygens (including phenoxy) is 2. The zero-order valence-corrected chi connectivity index (χ0v) is 16.7. The molecule has 26 heavy (non-hydrogen) atoms. The SMILES string of the molecule is CCCCC(CC)C(=O)Nc1nnc(Cc2ccc(OC)c(OC)c2)s1. The van der Waals surface area contributed by atoms with Gasteiger partial charge in [0.25, 0.3) is 0 Å². The summed E-state index contributed by atoms with van der Waals surface area (Å²) in [6.07, 6.45) is 4.53. The molecule has 1 amide bonds. The number of hydrogen-bond donors (Lipinski definition) is 1. The first-order chi connectivity index (χ1) is 12.6. The lowest BCUT2D eigenvalue weighted by Gasteiger charge is -2.12. The molecule has 1 aromatic heterocycles. The van der Waals surface area contributed by atoms with Crippen molar-refractivity contribution in [2.45, 2.75) is 46.0 Å². The Balaban J connectivity index is 2.00. The van der Waals surface area contributed by atoms with Gasteiger partial charge in [-0.25, -0.2) is 0 Å². The van der Waals surface area contributed by atoms with Crippen molar-refractivity contribution in [2.24, 2.45) is 5.92 Å². The van der Waals surface area contributed by atoms with Crippen LogP contribution in [0.1, 0.15) is 50.1 Å². The van der Waals surface area contributed by atoms with Crippen LogP contribution in [0.4, 0.5) is 5.13 Å². The molecule has 7 heteroatoms. The van der Waals surface area contributed by atoms with E-state index in [0.717, 1.165) is 36.3 Å². The van der Waals surface area contributed by atoms with Crippen molar-refractivity contribution >= 4 is 22.4 Å². The second-order valence-corrected chi connectivity index (χ2v) is 7.17. The Morgan fingerprint density at radius 2 is 1.96 bits per heavy atom. The fourth-order valence-corrected chi connectivity index (χ4v) is 3.50. The summed E-state index contributed by atoms with van der Waals surface area (Å²) in [4.78, 5) is 12.4. The third-order valence-electron chi connectivity index (χ3n) is 4.27. The molecule has 1 atom stereocenters. The molecule has 0 spiro atoms. The summed E-state index contributed by atoms with van der Waals surface area (Å²) in [5.41, 5.74) is 1.05. The topological polar surface area (TPSA) is 73.3 Å². The van der Waals surface area contributed by atoms with Crippen LogP contribution < -0.4 is 14.8 Å². The van der Waals surface area contributed by atoms with E-state index in [0.29, 0.717) is 23.1 Å². The highest BCUT2D eigenvalue weighted by Gasteiger charge is 2.18. The molecule has 1 aromatic carbocycles. The molecule has 2 rings (SSSR count). The number of nitrogens with one attached hydrogen (secondary N) is 1. The highest BCUT2D eigenvalue weighted by molar-refractivity contribution is 7.15. The monoisotopic (exact) mass is 377 g/mol. The lowest BCUT2D eigenvalue weighted by Crippen LogP contribution is -2.22. The first-order valence-electron chi connectivity index (χ1n) is 8.95. The summed E-state index contributed by atoms with van der Waals surface area (Å²) >= 11 is 1.40. The first kappa shape index (κ1) is 20.2. The highest BCUT2D eigenvalue weighted by Crippen LogP contribution is 2.29. The van der Waals surface area contributed by atoms with E-state index < -0.39 is 0 Å². The van der Waals surface area contributed by atoms with Gasteiger partial charge in [0, 0.05) is 12.3 Å². The molecule has 0 saturated carbocycles. The quantitative estimate of drug-likeness (QED) is 0.668. The third-order valence-corrected chi connectivity index (χ3v) is 5.11. The summed E-state index contributed by atoms with van der Waals surface area (Å²) in [7, 11) is 3.23. The standard InChI is InChI=1S/C19H27N3O3S/c1-5-7-8-14(6-2)18(23)20-19-22-21-17(26-19)12-13-9-10-15(24-3)16(11-13)25-4/h9-11,14H,5-8,12H2,1-4H3,(H,20,22,23). The van der Waals surface area contributed by atoms with Crippen molar-refractivity contribution in [3.63, 3.8) is 0 Å². The molecule has 0 radical (unpaired) electrons. The Morgan fingerprint density at radius 1 is 1.19 bits per heavy atom. The number of benzene rings is 1. The summed E-state index contributed by atoms with van der Waals surface area (Å²) < 4.78 is 10.6. The Bertz CT molecular complexity index is 718. The van der Waals surface area contributed by atoms with Crippen molar-refractivity contribution in [1.29, 1.82) is 0 Å². The van der Waals surface area contributed by atoms with Crippen LogP contribution >= 0.6 is 11.3 Å². The van der Waals surface area contributed by atoms with Crippen LogP contribution in [0.25, 0.3) is 0 Å². The summed E-state index contributed by atoms with van der Waals surface area (Å²) in [6.45, 7) is 4.18. The average Bonchev–Trinajstić information content (AvgIpc) is 3.08. The van der Waals surface area contributed by atoms with Crippen molar-refractivity contribution < 1.29 is 14.3 Å². The van der Waals surface area contributed by atoms with Gasteiger partial charge >= 0.3 is 0 Å². The lowest BCUT2D eigenvalue weighted by molar-refractivity contribution is -0.120. The van der Waals surface area contributed by atoms with Gasteiger partial charge in [0.15, 0.2) is 11.5 Å². The molecule has 6 nitrogen and oxygen atoms in total. The molecule has 0 saturated heterocycles. The molecule has 142 valence electrons. The van der Waals surface area contributed by atoms with E-state index >= 15 is 0 Å². The number of anilines is 1. The van der Waals surface area contributed by atoms with Gasteiger partial charge in [-0.2, -0.15) is 0 Å². The number of carbonyl (C=O) groups is 1. The Hall–Kier alpha value is -2.15. The maximum Gasteiger partial charge on any atom is 0.229 e. The van der Waals surface area contributed by atoms with Crippen LogP contribution in [0, 0.1) is 5.92 Å². The van der Waals surface area contributed by atoms with E-state index in [1.54, 1.807) is 14.2 Å². The lowest BCUT2D eigenvalue weighted by atomic mass is 9.99. The van der Waals surface area contributed by atoms with Gasteiger partial charge in [-0.15, -0.1) is 10.2 Å². The number of methoxy groups -OCH3 is 2. The van der Waals surface area contributed by atoms with Crippen molar-refractivity contribution in [2.75, 3.05) is 19.5 Å². The van der Waals surface area contributed by atoms with E-state index in [9.17, 15) is 4.79 Å². The number of unbranched alkanes of at least 4 members (excludes halogenated alkanes) is 1. The number of carbonyl (C=O) groups excluding carboxylic acids is 1. The molecular weight excluding hydrogens is 350 g/mol. The van der Waals surface area contributed by atoms with Crippen molar-refractivity contribution in [1.82, 2.24) is 10.2 Å². The van der Waals surface area contributed by atoms with Gasteiger partial charge in [-0.1, -0.05) is 44.1 Å². The summed E-state index contributed by atoms with van der Waals surface area (Å²) in [5.74, 6) is 1.45. The minimum Gasteiger partial charge on any atom is -0.493 e. The van der Waals surface area contributed by atoms with Gasteiger partial charge in [-0.3, -0.25) is 4.79 Å². The van der Waals surface area contributed by atoms with Gasteiger partial charge < -0.3 is 14.8 Å². The molecule has 0 aliphatic rings. The van der Waals surface area contributed by atoms with E-state index in [1.165, 1.54) is 11.3 Å². The maximum absolute atomic E-state index is 12.4. The van der Waals surface area contributed by atoms with Gasteiger partial charge in [0.05, 0.1) is 14.2 Å². The van der Waals surface area contributed by atoms with Gasteiger partial charge in [0.2, 0.25) is 11.0 Å². The largest absolute Gasteiger partial charge is 0.493 e. The zero-order valence-electron chi connectivity index (χ0n) is 15.9. The van der Waals surface area contributed by atoms with Crippen LogP contribution in [-0.2, 0) is 11.2 Å². The van der Waals surface area contributed by atoms with Crippen LogP contribution in [0.3, 0.4) is 0 Å². The molecule has 1 heterocycles. The normalized spacial score (nSPS) is 11.8. The molecule has 0 aliphatic carbocycles. The second kappa shape index (κ2) is 10.1. The number of aromatic nitrogens is 2. The van der Waals surface area contributed by atoms with Crippen LogP contribution in [-0.4, -0.2) is 30.3 Å². The van der Waals surface area contributed by atoms with Crippen molar-refractivity contribution in [3.8, 4) is 11.5 Å². The summed E-state index contributed by atoms with van der Waals surface area (Å²) in [5, 5.41) is 12.6. The van der Waals surface area contributed by atoms with E-state index in [4.69, 9.17) is 9.47 Å². The molecule has 1 N–H and O–H groups in total. The molecule has 0 fully saturated rings. The Kier molecular flexibility index (Phi) is 7.84. The van der Waals surface area contributed by atoms with Gasteiger partial charge in [-0.05, 0) is 30.5 Å². The molecule has 1 unspecified atom stereocenters. The number of hydrogen-bond acceptors (Lipinski definition) is 6. The minimum atomic E-state index is 0.0353. The average molecular weight is 378 g/mol. The second-order valence-electron chi connectivity index (χ2n) is 6.10.